The van der Waals surface area contributed by atoms with E-state index in [2.05, 4.69) is 15.5 Å². The van der Waals surface area contributed by atoms with Crippen LogP contribution in [-0.2, 0) is 0 Å². The number of ether oxygens (including phenoxy) is 1. The molecule has 0 aliphatic carbocycles. The van der Waals surface area contributed by atoms with Gasteiger partial charge in [0.15, 0.2) is 0 Å². The van der Waals surface area contributed by atoms with Crippen LogP contribution in [0.1, 0.15) is 0 Å². The van der Waals surface area contributed by atoms with Gasteiger partial charge in [-0.2, -0.15) is 4.98 Å². The van der Waals surface area contributed by atoms with Crippen molar-refractivity contribution in [2.75, 3.05) is 18.4 Å². The Bertz CT molecular complexity index is 1240. The van der Waals surface area contributed by atoms with Crippen LogP contribution in [-0.4, -0.2) is 40.3 Å². The first-order valence-electron chi connectivity index (χ1n) is 10.1. The molecule has 2 heterocycles. The molecule has 0 atom stereocenters. The Kier molecular flexibility index (Phi) is 5.25. The lowest BCUT2D eigenvalue weighted by molar-refractivity contribution is 0.0493. The summed E-state index contributed by atoms with van der Waals surface area (Å²) in [5.41, 5.74) is 1.77. The van der Waals surface area contributed by atoms with E-state index in [0.29, 0.717) is 30.6 Å². The number of para-hydroxylation sites is 1. The molecule has 160 valence electrons. The SMILES string of the molecule is O=C(Nc1ccccc1F)N1CC(Oc2cccc(-c3nc(-c4ccccc4)no3)c2)C1. The summed E-state index contributed by atoms with van der Waals surface area (Å²) in [6.45, 7) is 0.812. The first-order chi connectivity index (χ1) is 15.7. The molecule has 32 heavy (non-hydrogen) atoms. The highest BCUT2D eigenvalue weighted by Gasteiger charge is 2.32. The average Bonchev–Trinajstić information content (AvgIpc) is 3.29. The number of nitrogens with zero attached hydrogens (tertiary/aromatic N) is 3. The number of urea groups is 1. The van der Waals surface area contributed by atoms with Gasteiger partial charge in [-0.3, -0.25) is 0 Å². The standard InChI is InChI=1S/C24H19FN4O3/c25-20-11-4-5-12-21(20)26-24(30)29-14-19(15-29)31-18-10-6-9-17(13-18)23-27-22(28-32-23)16-7-2-1-3-8-16/h1-13,19H,14-15H2,(H,26,30). The molecule has 0 unspecified atom stereocenters. The maximum absolute atomic E-state index is 13.7. The molecule has 8 heteroatoms. The van der Waals surface area contributed by atoms with E-state index in [-0.39, 0.29) is 17.8 Å². The van der Waals surface area contributed by atoms with Crippen LogP contribution in [0.5, 0.6) is 5.75 Å². The maximum Gasteiger partial charge on any atom is 0.322 e. The summed E-state index contributed by atoms with van der Waals surface area (Å²) in [6, 6.07) is 22.7. The first kappa shape index (κ1) is 19.7. The van der Waals surface area contributed by atoms with E-state index in [9.17, 15) is 9.18 Å². The largest absolute Gasteiger partial charge is 0.487 e. The van der Waals surface area contributed by atoms with Gasteiger partial charge in [0.05, 0.1) is 18.8 Å². The Morgan fingerprint density at radius 2 is 1.75 bits per heavy atom. The second-order valence-electron chi connectivity index (χ2n) is 7.37. The predicted octanol–water partition coefficient (Wildman–Crippen LogP) is 4.84. The van der Waals surface area contributed by atoms with Crippen molar-refractivity contribution in [3.05, 3.63) is 84.7 Å². The van der Waals surface area contributed by atoms with Crippen molar-refractivity contribution in [2.45, 2.75) is 6.10 Å². The monoisotopic (exact) mass is 430 g/mol. The quantitative estimate of drug-likeness (QED) is 0.490. The molecule has 0 saturated carbocycles. The van der Waals surface area contributed by atoms with Gasteiger partial charge >= 0.3 is 6.03 Å². The highest BCUT2D eigenvalue weighted by Crippen LogP contribution is 2.27. The predicted molar refractivity (Wildman–Crippen MR) is 117 cm³/mol. The van der Waals surface area contributed by atoms with E-state index in [1.54, 1.807) is 17.0 Å². The summed E-state index contributed by atoms with van der Waals surface area (Å²) in [4.78, 5) is 18.3. The van der Waals surface area contributed by atoms with Crippen LogP contribution >= 0.6 is 0 Å². The van der Waals surface area contributed by atoms with Gasteiger partial charge in [0.1, 0.15) is 17.7 Å². The van der Waals surface area contributed by atoms with Gasteiger partial charge in [-0.25, -0.2) is 9.18 Å². The van der Waals surface area contributed by atoms with Gasteiger partial charge in [0, 0.05) is 11.1 Å². The second kappa shape index (κ2) is 8.50. The lowest BCUT2D eigenvalue weighted by atomic mass is 10.1. The number of anilines is 1. The number of aromatic nitrogens is 2. The number of halogens is 1. The Balaban J connectivity index is 1.19. The van der Waals surface area contributed by atoms with Crippen molar-refractivity contribution < 1.29 is 18.4 Å². The first-order valence-corrected chi connectivity index (χ1v) is 10.1. The minimum atomic E-state index is -0.470. The molecule has 1 aliphatic heterocycles. The zero-order chi connectivity index (χ0) is 21.9. The van der Waals surface area contributed by atoms with Crippen molar-refractivity contribution >= 4 is 11.7 Å². The molecule has 1 N–H and O–H groups in total. The lowest BCUT2D eigenvalue weighted by Gasteiger charge is -2.38. The number of amides is 2. The summed E-state index contributed by atoms with van der Waals surface area (Å²) in [6.07, 6.45) is -0.154. The highest BCUT2D eigenvalue weighted by atomic mass is 19.1. The van der Waals surface area contributed by atoms with E-state index < -0.39 is 5.82 Å². The Labute approximate surface area is 183 Å². The van der Waals surface area contributed by atoms with Crippen LogP contribution in [0.3, 0.4) is 0 Å². The number of carbonyl (C=O) groups excluding carboxylic acids is 1. The number of benzene rings is 3. The van der Waals surface area contributed by atoms with Gasteiger partial charge in [-0.1, -0.05) is 53.7 Å². The molecule has 0 spiro atoms. The van der Waals surface area contributed by atoms with Gasteiger partial charge in [0.2, 0.25) is 5.82 Å². The molecule has 0 radical (unpaired) electrons. The molecule has 4 aromatic rings. The van der Waals surface area contributed by atoms with Crippen molar-refractivity contribution in [3.63, 3.8) is 0 Å². The van der Waals surface area contributed by atoms with Crippen LogP contribution in [0.4, 0.5) is 14.9 Å². The summed E-state index contributed by atoms with van der Waals surface area (Å²) in [7, 11) is 0. The summed E-state index contributed by atoms with van der Waals surface area (Å²) < 4.78 is 25.1. The zero-order valence-electron chi connectivity index (χ0n) is 16.9. The van der Waals surface area contributed by atoms with E-state index >= 15 is 0 Å². The smallest absolute Gasteiger partial charge is 0.322 e. The van der Waals surface area contributed by atoms with Crippen molar-refractivity contribution in [3.8, 4) is 28.6 Å². The lowest BCUT2D eigenvalue weighted by Crippen LogP contribution is -2.57. The third-order valence-electron chi connectivity index (χ3n) is 5.09. The normalized spacial score (nSPS) is 13.5. The maximum atomic E-state index is 13.7. The van der Waals surface area contributed by atoms with Crippen LogP contribution in [0.2, 0.25) is 0 Å². The topological polar surface area (TPSA) is 80.5 Å². The fraction of sp³-hybridized carbons (Fsp3) is 0.125. The number of likely N-dealkylation sites (tertiary alicyclic amines) is 1. The molecule has 1 aliphatic rings. The van der Waals surface area contributed by atoms with E-state index in [1.807, 2.05) is 54.6 Å². The Morgan fingerprint density at radius 1 is 1.00 bits per heavy atom. The van der Waals surface area contributed by atoms with Crippen LogP contribution < -0.4 is 10.1 Å². The third-order valence-corrected chi connectivity index (χ3v) is 5.09. The Morgan fingerprint density at radius 3 is 2.56 bits per heavy atom. The van der Waals surface area contributed by atoms with E-state index in [4.69, 9.17) is 9.26 Å². The molecule has 5 rings (SSSR count). The number of rotatable bonds is 5. The third kappa shape index (κ3) is 4.15. The summed E-state index contributed by atoms with van der Waals surface area (Å²) >= 11 is 0. The second-order valence-corrected chi connectivity index (χ2v) is 7.37. The highest BCUT2D eigenvalue weighted by molar-refractivity contribution is 5.90. The van der Waals surface area contributed by atoms with Gasteiger partial charge < -0.3 is 19.5 Å². The van der Waals surface area contributed by atoms with Crippen molar-refractivity contribution in [1.82, 2.24) is 15.0 Å². The molecule has 1 fully saturated rings. The van der Waals surface area contributed by atoms with Gasteiger partial charge in [0.25, 0.3) is 5.89 Å². The van der Waals surface area contributed by atoms with Gasteiger partial charge in [-0.15, -0.1) is 0 Å². The molecule has 1 saturated heterocycles. The average molecular weight is 430 g/mol. The molecule has 7 nitrogen and oxygen atoms in total. The Hall–Kier alpha value is -4.20. The zero-order valence-corrected chi connectivity index (χ0v) is 16.9. The molecule has 0 bridgehead atoms. The number of nitrogens with one attached hydrogen (secondary N) is 1. The number of carbonyl (C=O) groups is 1. The summed E-state index contributed by atoms with van der Waals surface area (Å²) in [5.74, 6) is 1.08. The fourth-order valence-electron chi connectivity index (χ4n) is 3.38. The van der Waals surface area contributed by atoms with Crippen LogP contribution in [0, 0.1) is 5.82 Å². The van der Waals surface area contributed by atoms with Crippen LogP contribution in [0.15, 0.2) is 83.4 Å². The molecule has 1 aromatic heterocycles. The summed E-state index contributed by atoms with van der Waals surface area (Å²) in [5, 5.41) is 6.62. The van der Waals surface area contributed by atoms with Crippen molar-refractivity contribution in [2.24, 2.45) is 0 Å². The molecular formula is C24H19FN4O3. The van der Waals surface area contributed by atoms with E-state index in [0.717, 1.165) is 11.1 Å². The van der Waals surface area contributed by atoms with Crippen LogP contribution in [0.25, 0.3) is 22.8 Å². The van der Waals surface area contributed by atoms with Gasteiger partial charge in [-0.05, 0) is 30.3 Å². The fourth-order valence-corrected chi connectivity index (χ4v) is 3.38. The number of hydrogen-bond donors (Lipinski definition) is 1. The molecular weight excluding hydrogens is 411 g/mol. The van der Waals surface area contributed by atoms with E-state index in [1.165, 1.54) is 12.1 Å². The minimum absolute atomic E-state index is 0.154. The molecule has 2 amide bonds. The number of hydrogen-bond acceptors (Lipinski definition) is 5. The minimum Gasteiger partial charge on any atom is -0.487 e. The molecule has 3 aromatic carbocycles. The van der Waals surface area contributed by atoms with Crippen molar-refractivity contribution in [1.29, 1.82) is 0 Å².